The third-order valence-corrected chi connectivity index (χ3v) is 2.45. The third kappa shape index (κ3) is 4.03. The van der Waals surface area contributed by atoms with Crippen LogP contribution in [-0.4, -0.2) is 40.2 Å². The van der Waals surface area contributed by atoms with Gasteiger partial charge in [0.15, 0.2) is 0 Å². The van der Waals surface area contributed by atoms with E-state index in [0.29, 0.717) is 13.2 Å². The fraction of sp³-hybridized carbons (Fsp3) is 0.667. The lowest BCUT2D eigenvalue weighted by molar-refractivity contribution is 0.0488. The molecule has 1 N–H and O–H groups in total. The van der Waals surface area contributed by atoms with Crippen molar-refractivity contribution in [1.82, 2.24) is 15.1 Å². The Kier molecular flexibility index (Phi) is 3.56. The highest BCUT2D eigenvalue weighted by molar-refractivity contribution is 5.68. The molecule has 1 aliphatic heterocycles. The zero-order valence-corrected chi connectivity index (χ0v) is 10.9. The Morgan fingerprint density at radius 3 is 2.89 bits per heavy atom. The van der Waals surface area contributed by atoms with E-state index in [4.69, 9.17) is 9.47 Å². The van der Waals surface area contributed by atoms with Gasteiger partial charge in [0.05, 0.1) is 19.2 Å². The summed E-state index contributed by atoms with van der Waals surface area (Å²) in [6.07, 6.45) is 3.20. The van der Waals surface area contributed by atoms with Gasteiger partial charge in [-0.3, -0.25) is 4.68 Å². The lowest BCUT2D eigenvalue weighted by Gasteiger charge is -2.22. The molecule has 6 nitrogen and oxygen atoms in total. The Bertz CT molecular complexity index is 393. The number of rotatable bonds is 4. The van der Waals surface area contributed by atoms with Crippen molar-refractivity contribution >= 4 is 6.09 Å². The zero-order chi connectivity index (χ0) is 13.2. The fourth-order valence-corrected chi connectivity index (χ4v) is 1.61. The van der Waals surface area contributed by atoms with E-state index in [1.165, 1.54) is 0 Å². The van der Waals surface area contributed by atoms with Crippen LogP contribution in [0, 0.1) is 0 Å². The molecule has 2 heterocycles. The summed E-state index contributed by atoms with van der Waals surface area (Å²) in [6, 6.07) is 1.73. The average molecular weight is 253 g/mol. The van der Waals surface area contributed by atoms with Gasteiger partial charge < -0.3 is 14.8 Å². The fourth-order valence-electron chi connectivity index (χ4n) is 1.61. The van der Waals surface area contributed by atoms with E-state index in [0.717, 1.165) is 0 Å². The molecule has 0 bridgehead atoms. The Balaban J connectivity index is 1.88. The van der Waals surface area contributed by atoms with E-state index < -0.39 is 11.7 Å². The van der Waals surface area contributed by atoms with Crippen LogP contribution in [0.1, 0.15) is 20.8 Å². The summed E-state index contributed by atoms with van der Waals surface area (Å²) in [5, 5.41) is 6.94. The summed E-state index contributed by atoms with van der Waals surface area (Å²) >= 11 is 0. The smallest absolute Gasteiger partial charge is 0.408 e. The predicted molar refractivity (Wildman–Crippen MR) is 65.1 cm³/mol. The first kappa shape index (κ1) is 12.9. The van der Waals surface area contributed by atoms with Crippen molar-refractivity contribution in [3.8, 4) is 0 Å². The lowest BCUT2D eigenvalue weighted by atomic mass is 10.2. The van der Waals surface area contributed by atoms with Crippen molar-refractivity contribution in [2.24, 2.45) is 0 Å². The minimum Gasteiger partial charge on any atom is -0.444 e. The van der Waals surface area contributed by atoms with Gasteiger partial charge in [-0.25, -0.2) is 4.79 Å². The standard InChI is InChI=1S/C12H19N3O3/c1-12(2,3)18-11(16)14-9(10-8-17-10)7-15-6-4-5-13-15/h4-6,9-10H,7-8H2,1-3H3,(H,14,16)/t9-,10+/m0/s1. The molecule has 0 radical (unpaired) electrons. The first-order chi connectivity index (χ1) is 8.44. The molecule has 2 atom stereocenters. The average Bonchev–Trinajstić information content (AvgIpc) is 2.95. The van der Waals surface area contributed by atoms with Crippen molar-refractivity contribution in [3.63, 3.8) is 0 Å². The first-order valence-electron chi connectivity index (χ1n) is 6.02. The second kappa shape index (κ2) is 4.97. The summed E-state index contributed by atoms with van der Waals surface area (Å²) in [5.74, 6) is 0. The highest BCUT2D eigenvalue weighted by atomic mass is 16.6. The molecule has 1 amide bonds. The number of nitrogens with one attached hydrogen (secondary N) is 1. The van der Waals surface area contributed by atoms with Gasteiger partial charge in [0.1, 0.15) is 11.7 Å². The Morgan fingerprint density at radius 1 is 1.67 bits per heavy atom. The van der Waals surface area contributed by atoms with Gasteiger partial charge >= 0.3 is 6.09 Å². The summed E-state index contributed by atoms with van der Waals surface area (Å²) in [6.45, 7) is 6.76. The first-order valence-corrected chi connectivity index (χ1v) is 6.02. The summed E-state index contributed by atoms with van der Waals surface area (Å²) in [7, 11) is 0. The van der Waals surface area contributed by atoms with Crippen molar-refractivity contribution in [3.05, 3.63) is 18.5 Å². The molecule has 1 saturated heterocycles. The van der Waals surface area contributed by atoms with Gasteiger partial charge in [-0.05, 0) is 26.8 Å². The summed E-state index contributed by atoms with van der Waals surface area (Å²) in [4.78, 5) is 11.7. The topological polar surface area (TPSA) is 68.7 Å². The van der Waals surface area contributed by atoms with Gasteiger partial charge in [0, 0.05) is 12.4 Å². The monoisotopic (exact) mass is 253 g/mol. The number of carbonyl (C=O) groups is 1. The van der Waals surface area contributed by atoms with Crippen molar-refractivity contribution in [2.75, 3.05) is 6.61 Å². The molecule has 0 saturated carbocycles. The molecule has 0 unspecified atom stereocenters. The summed E-state index contributed by atoms with van der Waals surface area (Å²) < 4.78 is 12.2. The molecule has 0 spiro atoms. The number of aromatic nitrogens is 2. The molecule has 0 aromatic carbocycles. The minimum absolute atomic E-state index is 0.0571. The number of alkyl carbamates (subject to hydrolysis) is 1. The molecule has 2 rings (SSSR count). The lowest BCUT2D eigenvalue weighted by Crippen LogP contribution is -2.44. The normalized spacial score (nSPS) is 20.3. The predicted octanol–water partition coefficient (Wildman–Crippen LogP) is 1.18. The van der Waals surface area contributed by atoms with Crippen LogP contribution in [0.4, 0.5) is 4.79 Å². The highest BCUT2D eigenvalue weighted by Gasteiger charge is 2.35. The van der Waals surface area contributed by atoms with Crippen LogP contribution in [0.3, 0.4) is 0 Å². The zero-order valence-electron chi connectivity index (χ0n) is 10.9. The molecule has 1 aromatic rings. The maximum Gasteiger partial charge on any atom is 0.408 e. The molecule has 18 heavy (non-hydrogen) atoms. The number of hydrogen-bond donors (Lipinski definition) is 1. The van der Waals surface area contributed by atoms with Crippen molar-refractivity contribution in [1.29, 1.82) is 0 Å². The number of hydrogen-bond acceptors (Lipinski definition) is 4. The highest BCUT2D eigenvalue weighted by Crippen LogP contribution is 2.16. The van der Waals surface area contributed by atoms with Crippen molar-refractivity contribution in [2.45, 2.75) is 45.1 Å². The minimum atomic E-state index is -0.495. The Morgan fingerprint density at radius 2 is 2.39 bits per heavy atom. The van der Waals surface area contributed by atoms with Crippen LogP contribution in [0.2, 0.25) is 0 Å². The van der Waals surface area contributed by atoms with Gasteiger partial charge in [0.25, 0.3) is 0 Å². The Hall–Kier alpha value is -1.56. The van der Waals surface area contributed by atoms with E-state index >= 15 is 0 Å². The molecule has 0 aliphatic carbocycles. The van der Waals surface area contributed by atoms with E-state index in [9.17, 15) is 4.79 Å². The molecule has 1 aromatic heterocycles. The van der Waals surface area contributed by atoms with Crippen LogP contribution >= 0.6 is 0 Å². The van der Waals surface area contributed by atoms with Crippen molar-refractivity contribution < 1.29 is 14.3 Å². The Labute approximate surface area is 106 Å². The van der Waals surface area contributed by atoms with Gasteiger partial charge in [-0.1, -0.05) is 0 Å². The van der Waals surface area contributed by atoms with E-state index in [1.807, 2.05) is 33.0 Å². The molecule has 1 aliphatic rings. The number of carbonyl (C=O) groups excluding carboxylic acids is 1. The molecular formula is C12H19N3O3. The summed E-state index contributed by atoms with van der Waals surface area (Å²) in [5.41, 5.74) is -0.495. The third-order valence-electron chi connectivity index (χ3n) is 2.45. The van der Waals surface area contributed by atoms with Crippen LogP contribution in [0.5, 0.6) is 0 Å². The maximum absolute atomic E-state index is 11.7. The van der Waals surface area contributed by atoms with Crippen LogP contribution in [-0.2, 0) is 16.0 Å². The number of amides is 1. The maximum atomic E-state index is 11.7. The van der Waals surface area contributed by atoms with E-state index in [2.05, 4.69) is 10.4 Å². The molecular weight excluding hydrogens is 234 g/mol. The van der Waals surface area contributed by atoms with Gasteiger partial charge in [0.2, 0.25) is 0 Å². The van der Waals surface area contributed by atoms with Crippen LogP contribution in [0.15, 0.2) is 18.5 Å². The largest absolute Gasteiger partial charge is 0.444 e. The molecule has 1 fully saturated rings. The quantitative estimate of drug-likeness (QED) is 0.818. The van der Waals surface area contributed by atoms with Gasteiger partial charge in [-0.2, -0.15) is 5.10 Å². The number of epoxide rings is 1. The van der Waals surface area contributed by atoms with E-state index in [1.54, 1.807) is 10.9 Å². The molecule has 6 heteroatoms. The van der Waals surface area contributed by atoms with Crippen LogP contribution in [0.25, 0.3) is 0 Å². The van der Waals surface area contributed by atoms with Crippen LogP contribution < -0.4 is 5.32 Å². The SMILES string of the molecule is CC(C)(C)OC(=O)N[C@@H](Cn1cccn1)[C@H]1CO1. The number of ether oxygens (including phenoxy) is 2. The second-order valence-electron chi connectivity index (χ2n) is 5.35. The molecule has 100 valence electrons. The van der Waals surface area contributed by atoms with E-state index in [-0.39, 0.29) is 12.1 Å². The van der Waals surface area contributed by atoms with Gasteiger partial charge in [-0.15, -0.1) is 0 Å². The number of nitrogens with zero attached hydrogens (tertiary/aromatic N) is 2. The second-order valence-corrected chi connectivity index (χ2v) is 5.35.